The normalized spacial score (nSPS) is 11.7. The highest BCUT2D eigenvalue weighted by Gasteiger charge is 2.14. The second-order valence-electron chi connectivity index (χ2n) is 4.61. The van der Waals surface area contributed by atoms with Crippen molar-refractivity contribution in [2.24, 2.45) is 0 Å². The van der Waals surface area contributed by atoms with E-state index in [9.17, 15) is 9.90 Å². The van der Waals surface area contributed by atoms with Crippen LogP contribution < -0.4 is 10.1 Å². The molecule has 2 N–H and O–H groups in total. The summed E-state index contributed by atoms with van der Waals surface area (Å²) >= 11 is 0. The highest BCUT2D eigenvalue weighted by atomic mass is 16.5. The summed E-state index contributed by atoms with van der Waals surface area (Å²) < 4.78 is 5.57. The van der Waals surface area contributed by atoms with Gasteiger partial charge in [-0.2, -0.15) is 0 Å². The highest BCUT2D eigenvalue weighted by molar-refractivity contribution is 5.94. The Labute approximate surface area is 118 Å². The number of benzene rings is 2. The summed E-state index contributed by atoms with van der Waals surface area (Å²) in [6, 6.07) is 13.8. The molecule has 1 amide bonds. The summed E-state index contributed by atoms with van der Waals surface area (Å²) in [4.78, 5) is 12.0. The second kappa shape index (κ2) is 6.10. The molecule has 2 rings (SSSR count). The van der Waals surface area contributed by atoms with Crippen LogP contribution in [0.15, 0.2) is 48.5 Å². The predicted molar refractivity (Wildman–Crippen MR) is 78.0 cm³/mol. The van der Waals surface area contributed by atoms with E-state index in [4.69, 9.17) is 4.74 Å². The number of aryl methyl sites for hydroxylation is 1. The fraction of sp³-hybridized carbons (Fsp3) is 0.188. The highest BCUT2D eigenvalue weighted by Crippen LogP contribution is 2.16. The van der Waals surface area contributed by atoms with Crippen LogP contribution in [0.25, 0.3) is 0 Å². The summed E-state index contributed by atoms with van der Waals surface area (Å²) in [6.07, 6.45) is -0.605. The molecule has 0 spiro atoms. The summed E-state index contributed by atoms with van der Waals surface area (Å²) in [7, 11) is 0. The van der Waals surface area contributed by atoms with Crippen LogP contribution >= 0.6 is 0 Å². The van der Waals surface area contributed by atoms with Gasteiger partial charge in [-0.15, -0.1) is 0 Å². The zero-order valence-electron chi connectivity index (χ0n) is 11.5. The van der Waals surface area contributed by atoms with Gasteiger partial charge < -0.3 is 15.2 Å². The fourth-order valence-electron chi connectivity index (χ4n) is 1.66. The fourth-order valence-corrected chi connectivity index (χ4v) is 1.66. The lowest BCUT2D eigenvalue weighted by Gasteiger charge is -2.15. The van der Waals surface area contributed by atoms with Gasteiger partial charge in [-0.05, 0) is 50.2 Å². The van der Waals surface area contributed by atoms with Crippen LogP contribution in [0.3, 0.4) is 0 Å². The number of carbonyl (C=O) groups excluding carboxylic acids is 1. The molecule has 0 aliphatic heterocycles. The van der Waals surface area contributed by atoms with Crippen molar-refractivity contribution in [3.8, 4) is 11.5 Å². The van der Waals surface area contributed by atoms with Crippen molar-refractivity contribution in [2.75, 3.05) is 5.32 Å². The molecule has 0 saturated carbocycles. The average Bonchev–Trinajstić information content (AvgIpc) is 2.44. The van der Waals surface area contributed by atoms with Crippen LogP contribution in [0, 0.1) is 6.92 Å². The number of hydrogen-bond acceptors (Lipinski definition) is 3. The first kappa shape index (κ1) is 13.9. The molecule has 0 aliphatic carbocycles. The van der Waals surface area contributed by atoms with Gasteiger partial charge in [-0.25, -0.2) is 0 Å². The molecule has 4 heteroatoms. The van der Waals surface area contributed by atoms with Crippen molar-refractivity contribution in [3.05, 3.63) is 54.1 Å². The molecule has 0 bridgehead atoms. The Morgan fingerprint density at radius 1 is 1.10 bits per heavy atom. The SMILES string of the molecule is Cc1ccc(O[C@@H](C)C(=O)Nc2ccc(O)cc2)cc1. The molecule has 0 saturated heterocycles. The third-order valence-corrected chi connectivity index (χ3v) is 2.84. The zero-order valence-corrected chi connectivity index (χ0v) is 11.5. The molecule has 4 nitrogen and oxygen atoms in total. The van der Waals surface area contributed by atoms with Crippen molar-refractivity contribution in [3.63, 3.8) is 0 Å². The first-order chi connectivity index (χ1) is 9.54. The van der Waals surface area contributed by atoms with Gasteiger partial charge in [0.2, 0.25) is 0 Å². The summed E-state index contributed by atoms with van der Waals surface area (Å²) in [5.74, 6) is 0.576. The minimum atomic E-state index is -0.605. The third-order valence-electron chi connectivity index (χ3n) is 2.84. The number of hydrogen-bond donors (Lipinski definition) is 2. The Morgan fingerprint density at radius 3 is 2.30 bits per heavy atom. The number of phenolic OH excluding ortho intramolecular Hbond substituents is 1. The maximum atomic E-state index is 12.0. The van der Waals surface area contributed by atoms with E-state index in [1.807, 2.05) is 31.2 Å². The Bertz CT molecular complexity index is 576. The number of rotatable bonds is 4. The maximum Gasteiger partial charge on any atom is 0.265 e. The van der Waals surface area contributed by atoms with Crippen molar-refractivity contribution < 1.29 is 14.6 Å². The van der Waals surface area contributed by atoms with Crippen LogP contribution in [0.1, 0.15) is 12.5 Å². The quantitative estimate of drug-likeness (QED) is 0.840. The van der Waals surface area contributed by atoms with Crippen LogP contribution in [0.4, 0.5) is 5.69 Å². The molecule has 2 aromatic rings. The van der Waals surface area contributed by atoms with E-state index in [2.05, 4.69) is 5.32 Å². The lowest BCUT2D eigenvalue weighted by atomic mass is 10.2. The van der Waals surface area contributed by atoms with Crippen molar-refractivity contribution in [2.45, 2.75) is 20.0 Å². The van der Waals surface area contributed by atoms with Gasteiger partial charge >= 0.3 is 0 Å². The third kappa shape index (κ3) is 3.75. The van der Waals surface area contributed by atoms with Crippen LogP contribution in [0.5, 0.6) is 11.5 Å². The molecule has 0 aromatic heterocycles. The maximum absolute atomic E-state index is 12.0. The average molecular weight is 271 g/mol. The molecule has 104 valence electrons. The van der Waals surface area contributed by atoms with Crippen molar-refractivity contribution >= 4 is 11.6 Å². The summed E-state index contributed by atoms with van der Waals surface area (Å²) in [6.45, 7) is 3.68. The molecule has 0 unspecified atom stereocenters. The van der Waals surface area contributed by atoms with Crippen molar-refractivity contribution in [1.82, 2.24) is 0 Å². The van der Waals surface area contributed by atoms with Crippen LogP contribution in [-0.2, 0) is 4.79 Å². The van der Waals surface area contributed by atoms with E-state index in [0.717, 1.165) is 5.56 Å². The number of anilines is 1. The van der Waals surface area contributed by atoms with Gasteiger partial charge in [-0.3, -0.25) is 4.79 Å². The first-order valence-corrected chi connectivity index (χ1v) is 6.38. The minimum Gasteiger partial charge on any atom is -0.508 e. The second-order valence-corrected chi connectivity index (χ2v) is 4.61. The molecular weight excluding hydrogens is 254 g/mol. The largest absolute Gasteiger partial charge is 0.508 e. The smallest absolute Gasteiger partial charge is 0.265 e. The van der Waals surface area contributed by atoms with Gasteiger partial charge in [0.05, 0.1) is 0 Å². The topological polar surface area (TPSA) is 58.6 Å². The van der Waals surface area contributed by atoms with E-state index in [0.29, 0.717) is 11.4 Å². The monoisotopic (exact) mass is 271 g/mol. The van der Waals surface area contributed by atoms with E-state index < -0.39 is 6.10 Å². The Morgan fingerprint density at radius 2 is 1.70 bits per heavy atom. The molecule has 0 fully saturated rings. The first-order valence-electron chi connectivity index (χ1n) is 6.38. The van der Waals surface area contributed by atoms with E-state index in [-0.39, 0.29) is 11.7 Å². The lowest BCUT2D eigenvalue weighted by Crippen LogP contribution is -2.30. The van der Waals surface area contributed by atoms with Gasteiger partial charge in [0.1, 0.15) is 11.5 Å². The number of phenols is 1. The Hall–Kier alpha value is -2.49. The number of nitrogens with one attached hydrogen (secondary N) is 1. The molecule has 2 aromatic carbocycles. The van der Waals surface area contributed by atoms with E-state index >= 15 is 0 Å². The van der Waals surface area contributed by atoms with Crippen LogP contribution in [0.2, 0.25) is 0 Å². The van der Waals surface area contributed by atoms with Gasteiger partial charge in [-0.1, -0.05) is 17.7 Å². The molecule has 1 atom stereocenters. The zero-order chi connectivity index (χ0) is 14.5. The molecule has 0 radical (unpaired) electrons. The number of ether oxygens (including phenoxy) is 1. The van der Waals surface area contributed by atoms with Crippen molar-refractivity contribution in [1.29, 1.82) is 0 Å². The molecule has 0 aliphatic rings. The molecule has 20 heavy (non-hydrogen) atoms. The van der Waals surface area contributed by atoms with E-state index in [1.165, 1.54) is 12.1 Å². The van der Waals surface area contributed by atoms with Gasteiger partial charge in [0.15, 0.2) is 6.10 Å². The minimum absolute atomic E-state index is 0.159. The molecular formula is C16H17NO3. The number of carbonyl (C=O) groups is 1. The Kier molecular flexibility index (Phi) is 4.25. The van der Waals surface area contributed by atoms with E-state index in [1.54, 1.807) is 19.1 Å². The summed E-state index contributed by atoms with van der Waals surface area (Å²) in [5.41, 5.74) is 1.76. The Balaban J connectivity index is 1.94. The molecule has 0 heterocycles. The number of amides is 1. The summed E-state index contributed by atoms with van der Waals surface area (Å²) in [5, 5.41) is 11.9. The number of aromatic hydroxyl groups is 1. The lowest BCUT2D eigenvalue weighted by molar-refractivity contribution is -0.122. The van der Waals surface area contributed by atoms with Gasteiger partial charge in [0, 0.05) is 5.69 Å². The van der Waals surface area contributed by atoms with Crippen LogP contribution in [-0.4, -0.2) is 17.1 Å². The predicted octanol–water partition coefficient (Wildman–Crippen LogP) is 3.11. The standard InChI is InChI=1S/C16H17NO3/c1-11-3-9-15(10-4-11)20-12(2)16(19)17-13-5-7-14(18)8-6-13/h3-10,12,18H,1-2H3,(H,17,19)/t12-/m0/s1. The van der Waals surface area contributed by atoms with Gasteiger partial charge in [0.25, 0.3) is 5.91 Å².